The minimum Gasteiger partial charge on any atom is -0.422 e. The molecule has 0 aliphatic heterocycles. The van der Waals surface area contributed by atoms with Crippen molar-refractivity contribution in [2.24, 2.45) is 0 Å². The van der Waals surface area contributed by atoms with E-state index in [-0.39, 0.29) is 0 Å². The third kappa shape index (κ3) is 1.41. The molecule has 0 saturated heterocycles. The van der Waals surface area contributed by atoms with Gasteiger partial charge in [0.05, 0.1) is 5.69 Å². The van der Waals surface area contributed by atoms with Crippen LogP contribution in [0.3, 0.4) is 0 Å². The normalized spacial score (nSPS) is 10.7. The third-order valence-electron chi connectivity index (χ3n) is 1.75. The van der Waals surface area contributed by atoms with E-state index < -0.39 is 7.12 Å². The molecule has 0 radical (unpaired) electrons. The van der Waals surface area contributed by atoms with E-state index in [1.54, 1.807) is 12.3 Å². The van der Waals surface area contributed by atoms with E-state index in [1.165, 1.54) is 0 Å². The summed E-state index contributed by atoms with van der Waals surface area (Å²) in [6, 6.07) is 1.56. The number of rotatable bonds is 1. The lowest BCUT2D eigenvalue weighted by atomic mass is 9.87. The average Bonchev–Trinajstić information content (AvgIpc) is 2.46. The molecule has 0 spiro atoms. The van der Waals surface area contributed by atoms with Gasteiger partial charge in [-0.05, 0) is 13.0 Å². The molecule has 0 aliphatic rings. The van der Waals surface area contributed by atoms with E-state index in [9.17, 15) is 0 Å². The Hall–Kier alpha value is -1.40. The van der Waals surface area contributed by atoms with Crippen LogP contribution in [0.2, 0.25) is 0 Å². The third-order valence-corrected chi connectivity index (χ3v) is 1.75. The number of hydrogen-bond acceptors (Lipinski definition) is 4. The fourth-order valence-electron chi connectivity index (χ4n) is 1.14. The molecule has 3 N–H and O–H groups in total. The molecule has 2 aromatic rings. The Bertz CT molecular complexity index is 440. The van der Waals surface area contributed by atoms with Crippen LogP contribution in [0.25, 0.3) is 11.2 Å². The summed E-state index contributed by atoms with van der Waals surface area (Å²) in [5.74, 6) is 0. The fraction of sp³-hybridized carbons (Fsp3) is 0.143. The molecule has 0 bridgehead atoms. The molecule has 0 aromatic carbocycles. The van der Waals surface area contributed by atoms with E-state index in [0.29, 0.717) is 16.8 Å². The van der Waals surface area contributed by atoms with Gasteiger partial charge < -0.3 is 15.0 Å². The average molecular weight is 177 g/mol. The lowest BCUT2D eigenvalue weighted by molar-refractivity contribution is 0.424. The predicted octanol–water partition coefficient (Wildman–Crippen LogP) is -1.05. The zero-order valence-electron chi connectivity index (χ0n) is 7.02. The number of aryl methyl sites for hydroxylation is 1. The minimum absolute atomic E-state index is 0.306. The van der Waals surface area contributed by atoms with Crippen molar-refractivity contribution in [3.8, 4) is 0 Å². The largest absolute Gasteiger partial charge is 0.505 e. The first-order valence-electron chi connectivity index (χ1n) is 3.85. The Morgan fingerprint density at radius 2 is 2.23 bits per heavy atom. The van der Waals surface area contributed by atoms with E-state index >= 15 is 0 Å². The van der Waals surface area contributed by atoms with Crippen LogP contribution >= 0.6 is 0 Å². The van der Waals surface area contributed by atoms with E-state index in [1.807, 2.05) is 6.92 Å². The summed E-state index contributed by atoms with van der Waals surface area (Å²) in [6.07, 6.45) is 1.63. The van der Waals surface area contributed by atoms with Crippen LogP contribution in [-0.2, 0) is 0 Å². The summed E-state index contributed by atoms with van der Waals surface area (Å²) in [6.45, 7) is 1.82. The van der Waals surface area contributed by atoms with E-state index in [0.717, 1.165) is 5.69 Å². The van der Waals surface area contributed by atoms with Crippen LogP contribution < -0.4 is 5.59 Å². The highest BCUT2D eigenvalue weighted by molar-refractivity contribution is 6.58. The molecular formula is C7H8BN3O2. The number of fused-ring (bicyclic) bond motifs is 1. The molecule has 2 aromatic heterocycles. The van der Waals surface area contributed by atoms with E-state index in [2.05, 4.69) is 15.0 Å². The molecule has 0 atom stereocenters. The van der Waals surface area contributed by atoms with Gasteiger partial charge in [0, 0.05) is 11.8 Å². The number of H-pyrrole nitrogens is 1. The molecule has 0 unspecified atom stereocenters. The minimum atomic E-state index is -1.50. The quantitative estimate of drug-likeness (QED) is 0.485. The number of hydrogen-bond donors (Lipinski definition) is 3. The van der Waals surface area contributed by atoms with Gasteiger partial charge in [0.1, 0.15) is 5.52 Å². The highest BCUT2D eigenvalue weighted by atomic mass is 16.4. The van der Waals surface area contributed by atoms with Crippen molar-refractivity contribution in [1.29, 1.82) is 0 Å². The topological polar surface area (TPSA) is 82.0 Å². The van der Waals surface area contributed by atoms with Crippen molar-refractivity contribution in [3.63, 3.8) is 0 Å². The second kappa shape index (κ2) is 2.83. The van der Waals surface area contributed by atoms with Gasteiger partial charge in [0.25, 0.3) is 0 Å². The maximum Gasteiger partial charge on any atom is 0.505 e. The van der Waals surface area contributed by atoms with Gasteiger partial charge in [-0.15, -0.1) is 0 Å². The maximum atomic E-state index is 8.86. The van der Waals surface area contributed by atoms with Crippen molar-refractivity contribution < 1.29 is 10.0 Å². The molecule has 0 amide bonds. The first-order valence-corrected chi connectivity index (χ1v) is 3.85. The fourth-order valence-corrected chi connectivity index (χ4v) is 1.14. The Morgan fingerprint density at radius 1 is 1.46 bits per heavy atom. The molecule has 0 fully saturated rings. The number of nitrogens with one attached hydrogen (secondary N) is 1. The highest BCUT2D eigenvalue weighted by Crippen LogP contribution is 2.04. The van der Waals surface area contributed by atoms with Crippen LogP contribution in [0.5, 0.6) is 0 Å². The summed E-state index contributed by atoms with van der Waals surface area (Å²) >= 11 is 0. The molecule has 6 heteroatoms. The lowest BCUT2D eigenvalue weighted by Gasteiger charge is -1.90. The summed E-state index contributed by atoms with van der Waals surface area (Å²) in [4.78, 5) is 11.0. The van der Waals surface area contributed by atoms with E-state index in [4.69, 9.17) is 10.0 Å². The molecule has 0 saturated carbocycles. The molecule has 5 nitrogen and oxygen atoms in total. The maximum absolute atomic E-state index is 8.86. The van der Waals surface area contributed by atoms with Gasteiger partial charge in [-0.25, -0.2) is 4.98 Å². The van der Waals surface area contributed by atoms with Gasteiger partial charge in [-0.1, -0.05) is 0 Å². The second-order valence-corrected chi connectivity index (χ2v) is 2.84. The summed E-state index contributed by atoms with van der Waals surface area (Å²) in [7, 11) is -1.50. The summed E-state index contributed by atoms with van der Waals surface area (Å²) in [5, 5.41) is 17.7. The van der Waals surface area contributed by atoms with Gasteiger partial charge in [-0.3, -0.25) is 4.98 Å². The first kappa shape index (κ1) is 8.21. The van der Waals surface area contributed by atoms with Gasteiger partial charge >= 0.3 is 7.12 Å². The smallest absolute Gasteiger partial charge is 0.422 e. The van der Waals surface area contributed by atoms with Gasteiger partial charge in [0.15, 0.2) is 5.65 Å². The molecule has 2 heterocycles. The van der Waals surface area contributed by atoms with Crippen LogP contribution in [0.1, 0.15) is 5.69 Å². The lowest BCUT2D eigenvalue weighted by Crippen LogP contribution is -2.30. The Kier molecular flexibility index (Phi) is 1.79. The SMILES string of the molecule is Cc1cnc2cc(B(O)O)[nH]c2n1. The van der Waals surface area contributed by atoms with Crippen LogP contribution in [-0.4, -0.2) is 32.1 Å². The summed E-state index contributed by atoms with van der Waals surface area (Å²) < 4.78 is 0. The van der Waals surface area contributed by atoms with Crippen molar-refractivity contribution >= 4 is 23.9 Å². The second-order valence-electron chi connectivity index (χ2n) is 2.84. The van der Waals surface area contributed by atoms with Gasteiger partial charge in [-0.2, -0.15) is 0 Å². The van der Waals surface area contributed by atoms with Gasteiger partial charge in [0.2, 0.25) is 0 Å². The Morgan fingerprint density at radius 3 is 2.92 bits per heavy atom. The highest BCUT2D eigenvalue weighted by Gasteiger charge is 2.14. The number of nitrogens with zero attached hydrogens (tertiary/aromatic N) is 2. The van der Waals surface area contributed by atoms with Crippen molar-refractivity contribution in [3.05, 3.63) is 18.0 Å². The molecule has 0 aliphatic carbocycles. The zero-order chi connectivity index (χ0) is 9.42. The van der Waals surface area contributed by atoms with Crippen molar-refractivity contribution in [2.45, 2.75) is 6.92 Å². The molecule has 13 heavy (non-hydrogen) atoms. The van der Waals surface area contributed by atoms with Crippen molar-refractivity contribution in [2.75, 3.05) is 0 Å². The number of aromatic amines is 1. The Balaban J connectivity index is 2.62. The van der Waals surface area contributed by atoms with Crippen LogP contribution in [0, 0.1) is 6.92 Å². The molecule has 66 valence electrons. The standard InChI is InChI=1S/C7H8BN3O2/c1-4-3-9-5-2-6(8(12)13)11-7(5)10-4/h2-3,12-13H,1H3,(H,10,11). The van der Waals surface area contributed by atoms with Crippen LogP contribution in [0.15, 0.2) is 12.3 Å². The predicted molar refractivity (Wildman–Crippen MR) is 48.5 cm³/mol. The first-order chi connectivity index (χ1) is 6.16. The van der Waals surface area contributed by atoms with Crippen LogP contribution in [0.4, 0.5) is 0 Å². The Labute approximate surface area is 74.6 Å². The van der Waals surface area contributed by atoms with Crippen molar-refractivity contribution in [1.82, 2.24) is 15.0 Å². The monoisotopic (exact) mass is 177 g/mol. The zero-order valence-corrected chi connectivity index (χ0v) is 7.02. The molecular weight excluding hydrogens is 169 g/mol. The number of aromatic nitrogens is 3. The molecule has 2 rings (SSSR count). The summed E-state index contributed by atoms with van der Waals surface area (Å²) in [5.41, 5.74) is 2.30.